The molecule has 2 aromatic carbocycles. The van der Waals surface area contributed by atoms with Crippen LogP contribution < -0.4 is 14.2 Å². The normalized spacial score (nSPS) is 19.0. The summed E-state index contributed by atoms with van der Waals surface area (Å²) in [6, 6.07) is 14.3. The summed E-state index contributed by atoms with van der Waals surface area (Å²) in [6.07, 6.45) is -0.381. The van der Waals surface area contributed by atoms with Gasteiger partial charge in [-0.2, -0.15) is 0 Å². The van der Waals surface area contributed by atoms with E-state index in [1.54, 1.807) is 14.2 Å². The lowest BCUT2D eigenvalue weighted by molar-refractivity contribution is 0.0949. The van der Waals surface area contributed by atoms with Crippen molar-refractivity contribution in [1.82, 2.24) is 14.7 Å². The van der Waals surface area contributed by atoms with Gasteiger partial charge in [0.15, 0.2) is 11.5 Å². The number of nitrogens with zero attached hydrogens (tertiary/aromatic N) is 3. The van der Waals surface area contributed by atoms with Crippen LogP contribution in [-0.4, -0.2) is 93.6 Å². The summed E-state index contributed by atoms with van der Waals surface area (Å²) >= 11 is 0. The van der Waals surface area contributed by atoms with E-state index in [9.17, 15) is 5.11 Å². The maximum Gasteiger partial charge on any atom is 0.161 e. The number of β-amino-alcohol motifs (C(OH)–C–C–N with tert-alkyl or cyclic N) is 1. The smallest absolute Gasteiger partial charge is 0.161 e. The SMILES string of the molecule is COc1ccc(CN(C)[C@H]2CN(Cc3ccc(OCCN(C)C)c(OC)c3)C[C@@H]2O)cc1. The lowest BCUT2D eigenvalue weighted by atomic mass is 10.1. The van der Waals surface area contributed by atoms with Crippen LogP contribution in [0.3, 0.4) is 0 Å². The van der Waals surface area contributed by atoms with Crippen molar-refractivity contribution >= 4 is 0 Å². The van der Waals surface area contributed by atoms with E-state index in [1.165, 1.54) is 5.56 Å². The lowest BCUT2D eigenvalue weighted by Gasteiger charge is -2.26. The van der Waals surface area contributed by atoms with E-state index in [1.807, 2.05) is 38.4 Å². The van der Waals surface area contributed by atoms with Gasteiger partial charge in [-0.1, -0.05) is 18.2 Å². The number of benzene rings is 2. The fourth-order valence-corrected chi connectivity index (χ4v) is 4.07. The Morgan fingerprint density at radius 3 is 2.31 bits per heavy atom. The molecule has 0 amide bonds. The first-order valence-electron chi connectivity index (χ1n) is 11.1. The molecule has 0 radical (unpaired) electrons. The molecule has 0 aromatic heterocycles. The van der Waals surface area contributed by atoms with Crippen molar-refractivity contribution in [3.05, 3.63) is 53.6 Å². The highest BCUT2D eigenvalue weighted by Gasteiger charge is 2.34. The second kappa shape index (κ2) is 11.5. The average Bonchev–Trinajstić information content (AvgIpc) is 3.14. The van der Waals surface area contributed by atoms with E-state index in [0.29, 0.717) is 13.2 Å². The minimum Gasteiger partial charge on any atom is -0.497 e. The Morgan fingerprint density at radius 1 is 0.938 bits per heavy atom. The number of ether oxygens (including phenoxy) is 3. The summed E-state index contributed by atoms with van der Waals surface area (Å²) in [5.74, 6) is 2.36. The van der Waals surface area contributed by atoms with E-state index in [0.717, 1.165) is 49.0 Å². The monoisotopic (exact) mass is 443 g/mol. The molecule has 176 valence electrons. The van der Waals surface area contributed by atoms with Gasteiger partial charge in [0.25, 0.3) is 0 Å². The van der Waals surface area contributed by atoms with E-state index < -0.39 is 0 Å². The summed E-state index contributed by atoms with van der Waals surface area (Å²) < 4.78 is 16.6. The van der Waals surface area contributed by atoms with Crippen molar-refractivity contribution in [2.45, 2.75) is 25.2 Å². The fraction of sp³-hybridized carbons (Fsp3) is 0.520. The van der Waals surface area contributed by atoms with Crippen LogP contribution in [0.2, 0.25) is 0 Å². The number of aliphatic hydroxyl groups excluding tert-OH is 1. The Kier molecular flexibility index (Phi) is 8.75. The Bertz CT molecular complexity index is 844. The first-order valence-corrected chi connectivity index (χ1v) is 11.1. The van der Waals surface area contributed by atoms with Crippen molar-refractivity contribution in [3.8, 4) is 17.2 Å². The quantitative estimate of drug-likeness (QED) is 0.572. The van der Waals surface area contributed by atoms with Gasteiger partial charge in [-0.05, 0) is 56.5 Å². The molecule has 0 bridgehead atoms. The van der Waals surface area contributed by atoms with Crippen LogP contribution in [0.4, 0.5) is 0 Å². The first-order chi connectivity index (χ1) is 15.4. The van der Waals surface area contributed by atoms with Gasteiger partial charge in [0.05, 0.1) is 20.3 Å². The lowest BCUT2D eigenvalue weighted by Crippen LogP contribution is -2.40. The second-order valence-electron chi connectivity index (χ2n) is 8.73. The van der Waals surface area contributed by atoms with Gasteiger partial charge < -0.3 is 24.2 Å². The number of rotatable bonds is 11. The highest BCUT2D eigenvalue weighted by atomic mass is 16.5. The second-order valence-corrected chi connectivity index (χ2v) is 8.73. The zero-order valence-corrected chi connectivity index (χ0v) is 20.0. The number of hydrogen-bond donors (Lipinski definition) is 1. The van der Waals surface area contributed by atoms with Gasteiger partial charge in [-0.3, -0.25) is 9.80 Å². The van der Waals surface area contributed by atoms with E-state index in [-0.39, 0.29) is 12.1 Å². The van der Waals surface area contributed by atoms with Gasteiger partial charge >= 0.3 is 0 Å². The molecule has 7 heteroatoms. The summed E-state index contributed by atoms with van der Waals surface area (Å²) in [5.41, 5.74) is 2.35. The molecule has 7 nitrogen and oxygen atoms in total. The molecule has 1 aliphatic rings. The van der Waals surface area contributed by atoms with E-state index >= 15 is 0 Å². The van der Waals surface area contributed by atoms with E-state index in [4.69, 9.17) is 14.2 Å². The van der Waals surface area contributed by atoms with Crippen LogP contribution >= 0.6 is 0 Å². The molecule has 1 aliphatic heterocycles. The summed E-state index contributed by atoms with van der Waals surface area (Å²) in [6.45, 7) is 4.48. The standard InChI is InChI=1S/C25H37N3O4/c1-26(2)12-13-32-24-11-8-20(14-25(24)31-5)16-28-17-22(23(29)18-28)27(3)15-19-6-9-21(30-4)10-7-19/h6-11,14,22-23,29H,12-13,15-18H2,1-5H3/t22-,23-/m0/s1. The molecule has 1 fully saturated rings. The molecule has 0 saturated carbocycles. The van der Waals surface area contributed by atoms with Crippen molar-refractivity contribution in [3.63, 3.8) is 0 Å². The molecule has 1 saturated heterocycles. The van der Waals surface area contributed by atoms with Crippen molar-refractivity contribution in [1.29, 1.82) is 0 Å². The van der Waals surface area contributed by atoms with E-state index in [2.05, 4.69) is 39.9 Å². The zero-order chi connectivity index (χ0) is 23.1. The average molecular weight is 444 g/mol. The number of likely N-dealkylation sites (N-methyl/N-ethyl adjacent to an activating group) is 2. The Hall–Kier alpha value is -2.32. The van der Waals surface area contributed by atoms with Crippen molar-refractivity contribution < 1.29 is 19.3 Å². The van der Waals surface area contributed by atoms with Gasteiger partial charge in [-0.15, -0.1) is 0 Å². The predicted octanol–water partition coefficient (Wildman–Crippen LogP) is 2.32. The Morgan fingerprint density at radius 2 is 1.66 bits per heavy atom. The van der Waals surface area contributed by atoms with Crippen LogP contribution in [0, 0.1) is 0 Å². The maximum atomic E-state index is 10.7. The Balaban J connectivity index is 1.56. The third-order valence-corrected chi connectivity index (χ3v) is 5.92. The highest BCUT2D eigenvalue weighted by molar-refractivity contribution is 5.43. The van der Waals surface area contributed by atoms with Gasteiger partial charge in [0.2, 0.25) is 0 Å². The predicted molar refractivity (Wildman–Crippen MR) is 127 cm³/mol. The summed E-state index contributed by atoms with van der Waals surface area (Å²) in [4.78, 5) is 6.61. The number of likely N-dealkylation sites (tertiary alicyclic amines) is 1. The van der Waals surface area contributed by atoms with Crippen molar-refractivity contribution in [2.75, 3.05) is 61.6 Å². The molecule has 0 unspecified atom stereocenters. The summed E-state index contributed by atoms with van der Waals surface area (Å²) in [5, 5.41) is 10.7. The molecule has 0 spiro atoms. The highest BCUT2D eigenvalue weighted by Crippen LogP contribution is 2.29. The molecule has 32 heavy (non-hydrogen) atoms. The van der Waals surface area contributed by atoms with Gasteiger partial charge in [0, 0.05) is 38.8 Å². The van der Waals surface area contributed by atoms with Gasteiger partial charge in [0.1, 0.15) is 12.4 Å². The largest absolute Gasteiger partial charge is 0.497 e. The van der Waals surface area contributed by atoms with Crippen LogP contribution in [0.25, 0.3) is 0 Å². The molecular formula is C25H37N3O4. The molecule has 1 heterocycles. The van der Waals surface area contributed by atoms with Crippen LogP contribution in [0.15, 0.2) is 42.5 Å². The molecule has 3 rings (SSSR count). The minimum absolute atomic E-state index is 0.0904. The summed E-state index contributed by atoms with van der Waals surface area (Å²) in [7, 11) is 9.46. The molecular weight excluding hydrogens is 406 g/mol. The van der Waals surface area contributed by atoms with Crippen LogP contribution in [0.1, 0.15) is 11.1 Å². The maximum absolute atomic E-state index is 10.7. The minimum atomic E-state index is -0.381. The third-order valence-electron chi connectivity index (χ3n) is 5.92. The number of aliphatic hydroxyl groups is 1. The number of hydrogen-bond acceptors (Lipinski definition) is 7. The Labute approximate surface area is 192 Å². The fourth-order valence-electron chi connectivity index (χ4n) is 4.07. The third kappa shape index (κ3) is 6.59. The topological polar surface area (TPSA) is 57.6 Å². The molecule has 1 N–H and O–H groups in total. The molecule has 0 aliphatic carbocycles. The van der Waals surface area contributed by atoms with Gasteiger partial charge in [-0.25, -0.2) is 0 Å². The van der Waals surface area contributed by atoms with Crippen LogP contribution in [0.5, 0.6) is 17.2 Å². The van der Waals surface area contributed by atoms with Crippen LogP contribution in [-0.2, 0) is 13.1 Å². The molecule has 2 atom stereocenters. The van der Waals surface area contributed by atoms with Crippen molar-refractivity contribution in [2.24, 2.45) is 0 Å². The molecule has 2 aromatic rings. The number of methoxy groups -OCH3 is 2. The first kappa shape index (κ1) is 24.3. The zero-order valence-electron chi connectivity index (χ0n) is 20.0.